The molecule has 1 aliphatic rings. The number of oxime groups is 1. The number of hydrogen-bond acceptors (Lipinski definition) is 4. The molecular weight excluding hydrogens is 361 g/mol. The largest absolute Gasteiger partial charge is 0.416 e. The average molecular weight is 376 g/mol. The molecule has 1 aliphatic heterocycles. The lowest BCUT2D eigenvalue weighted by molar-refractivity contribution is -0.141. The zero-order valence-electron chi connectivity index (χ0n) is 14.5. The summed E-state index contributed by atoms with van der Waals surface area (Å²) in [5.41, 5.74) is 1.29. The molecule has 0 atom stereocenters. The van der Waals surface area contributed by atoms with Gasteiger partial charge in [-0.05, 0) is 36.8 Å². The molecule has 0 radical (unpaired) electrons. The van der Waals surface area contributed by atoms with Crippen molar-refractivity contribution >= 4 is 23.3 Å². The maximum atomic E-state index is 12.9. The van der Waals surface area contributed by atoms with Crippen LogP contribution in [-0.2, 0) is 27.1 Å². The number of fused-ring (bicyclic) bond motifs is 1. The van der Waals surface area contributed by atoms with Crippen molar-refractivity contribution in [2.24, 2.45) is 5.16 Å². The van der Waals surface area contributed by atoms with Gasteiger partial charge in [0.15, 0.2) is 5.71 Å². The molecule has 5 nitrogen and oxygen atoms in total. The molecule has 0 N–H and O–H groups in total. The predicted octanol–water partition coefficient (Wildman–Crippen LogP) is 3.83. The summed E-state index contributed by atoms with van der Waals surface area (Å²) in [6.07, 6.45) is -4.47. The Bertz CT molecular complexity index is 951. The van der Waals surface area contributed by atoms with Crippen LogP contribution < -0.4 is 4.90 Å². The Morgan fingerprint density at radius 3 is 2.59 bits per heavy atom. The number of anilines is 1. The summed E-state index contributed by atoms with van der Waals surface area (Å²) in [7, 11) is 0. The highest BCUT2D eigenvalue weighted by Gasteiger charge is 2.36. The first kappa shape index (κ1) is 18.6. The third-order valence-corrected chi connectivity index (χ3v) is 4.01. The third kappa shape index (κ3) is 3.84. The smallest absolute Gasteiger partial charge is 0.318 e. The van der Waals surface area contributed by atoms with E-state index in [9.17, 15) is 22.8 Å². The summed E-state index contributed by atoms with van der Waals surface area (Å²) in [5, 5.41) is 3.63. The normalized spacial score (nSPS) is 15.2. The summed E-state index contributed by atoms with van der Waals surface area (Å²) in [5.74, 6) is -1.23. The molecule has 0 fully saturated rings. The van der Waals surface area contributed by atoms with Crippen molar-refractivity contribution in [3.8, 4) is 0 Å². The maximum absolute atomic E-state index is 12.9. The van der Waals surface area contributed by atoms with Crippen LogP contribution in [0.25, 0.3) is 0 Å². The molecule has 0 aromatic heterocycles. The molecule has 1 heterocycles. The number of amides is 1. The lowest BCUT2D eigenvalue weighted by atomic mass is 10.1. The summed E-state index contributed by atoms with van der Waals surface area (Å²) < 4.78 is 38.8. The lowest BCUT2D eigenvalue weighted by Gasteiger charge is -2.18. The van der Waals surface area contributed by atoms with E-state index in [0.717, 1.165) is 24.6 Å². The van der Waals surface area contributed by atoms with Crippen molar-refractivity contribution in [2.75, 3.05) is 4.90 Å². The molecule has 2 aromatic carbocycles. The van der Waals surface area contributed by atoms with Crippen LogP contribution in [-0.4, -0.2) is 17.6 Å². The van der Waals surface area contributed by atoms with Gasteiger partial charge in [0.1, 0.15) is 0 Å². The SMILES string of the molecule is CC(=O)ON=C1C(=O)N(Cc2cccc(C(F)(F)F)c2)c2ccc(C)cc21. The van der Waals surface area contributed by atoms with E-state index in [1.165, 1.54) is 17.0 Å². The minimum absolute atomic E-state index is 0.0594. The third-order valence-electron chi connectivity index (χ3n) is 4.01. The van der Waals surface area contributed by atoms with E-state index in [4.69, 9.17) is 0 Å². The fourth-order valence-corrected chi connectivity index (χ4v) is 2.81. The van der Waals surface area contributed by atoms with E-state index in [-0.39, 0.29) is 12.3 Å². The number of rotatable bonds is 3. The van der Waals surface area contributed by atoms with Crippen LogP contribution in [0.2, 0.25) is 0 Å². The van der Waals surface area contributed by atoms with Crippen LogP contribution >= 0.6 is 0 Å². The van der Waals surface area contributed by atoms with Crippen LogP contribution in [0.5, 0.6) is 0 Å². The second-order valence-corrected chi connectivity index (χ2v) is 6.13. The lowest BCUT2D eigenvalue weighted by Crippen LogP contribution is -2.30. The Labute approximate surface area is 153 Å². The Balaban J connectivity index is 1.99. The number of hydrogen-bond donors (Lipinski definition) is 0. The zero-order chi connectivity index (χ0) is 19.8. The summed E-state index contributed by atoms with van der Waals surface area (Å²) in [6.45, 7) is 2.91. The fourth-order valence-electron chi connectivity index (χ4n) is 2.81. The molecule has 0 aliphatic carbocycles. The van der Waals surface area contributed by atoms with E-state index >= 15 is 0 Å². The number of alkyl halides is 3. The Morgan fingerprint density at radius 1 is 1.19 bits per heavy atom. The summed E-state index contributed by atoms with van der Waals surface area (Å²) in [4.78, 5) is 29.7. The van der Waals surface area contributed by atoms with Gasteiger partial charge in [-0.15, -0.1) is 0 Å². The molecule has 0 unspecified atom stereocenters. The van der Waals surface area contributed by atoms with Crippen LogP contribution in [0.3, 0.4) is 0 Å². The number of aryl methyl sites for hydroxylation is 1. The van der Waals surface area contributed by atoms with Gasteiger partial charge in [-0.3, -0.25) is 4.79 Å². The average Bonchev–Trinajstić information content (AvgIpc) is 2.83. The number of carbonyl (C=O) groups excluding carboxylic acids is 2. The number of benzene rings is 2. The first-order valence-corrected chi connectivity index (χ1v) is 8.01. The summed E-state index contributed by atoms with van der Waals surface area (Å²) >= 11 is 0. The molecule has 1 amide bonds. The van der Waals surface area contributed by atoms with Crippen molar-refractivity contribution < 1.29 is 27.6 Å². The molecule has 2 aromatic rings. The standard InChI is InChI=1S/C19H15F3N2O3/c1-11-6-7-16-15(8-11)17(23-27-12(2)25)18(26)24(16)10-13-4-3-5-14(9-13)19(20,21)22/h3-9H,10H2,1-2H3. The second kappa shape index (κ2) is 6.86. The topological polar surface area (TPSA) is 59.0 Å². The maximum Gasteiger partial charge on any atom is 0.416 e. The van der Waals surface area contributed by atoms with Gasteiger partial charge in [-0.25, -0.2) is 4.79 Å². The first-order valence-electron chi connectivity index (χ1n) is 8.01. The van der Waals surface area contributed by atoms with E-state index < -0.39 is 23.6 Å². The molecule has 3 rings (SSSR count). The minimum atomic E-state index is -4.47. The van der Waals surface area contributed by atoms with Crippen LogP contribution in [0.1, 0.15) is 29.2 Å². The molecule has 0 bridgehead atoms. The van der Waals surface area contributed by atoms with Gasteiger partial charge < -0.3 is 9.74 Å². The van der Waals surface area contributed by atoms with E-state index in [2.05, 4.69) is 9.99 Å². The van der Waals surface area contributed by atoms with Gasteiger partial charge >= 0.3 is 12.1 Å². The molecule has 140 valence electrons. The highest BCUT2D eigenvalue weighted by Crippen LogP contribution is 2.33. The van der Waals surface area contributed by atoms with Crippen LogP contribution in [0, 0.1) is 6.92 Å². The molecule has 0 saturated carbocycles. The monoisotopic (exact) mass is 376 g/mol. The summed E-state index contributed by atoms with van der Waals surface area (Å²) in [6, 6.07) is 9.96. The molecule has 8 heteroatoms. The van der Waals surface area contributed by atoms with Gasteiger partial charge in [0.05, 0.1) is 17.8 Å². The number of halogens is 3. The number of nitrogens with zero attached hydrogens (tertiary/aromatic N) is 2. The Kier molecular flexibility index (Phi) is 4.73. The second-order valence-electron chi connectivity index (χ2n) is 6.13. The minimum Gasteiger partial charge on any atom is -0.318 e. The fraction of sp³-hybridized carbons (Fsp3) is 0.211. The molecule has 27 heavy (non-hydrogen) atoms. The zero-order valence-corrected chi connectivity index (χ0v) is 14.5. The van der Waals surface area contributed by atoms with E-state index in [1.807, 2.05) is 6.92 Å². The van der Waals surface area contributed by atoms with Gasteiger partial charge in [0.2, 0.25) is 0 Å². The van der Waals surface area contributed by atoms with Gasteiger partial charge in [0, 0.05) is 12.5 Å². The predicted molar refractivity (Wildman–Crippen MR) is 92.1 cm³/mol. The first-order chi connectivity index (χ1) is 12.7. The van der Waals surface area contributed by atoms with Gasteiger partial charge in [-0.1, -0.05) is 28.9 Å². The Hall–Kier alpha value is -3.16. The van der Waals surface area contributed by atoms with Crippen molar-refractivity contribution in [3.63, 3.8) is 0 Å². The highest BCUT2D eigenvalue weighted by molar-refractivity contribution is 6.54. The van der Waals surface area contributed by atoms with Crippen LogP contribution in [0.15, 0.2) is 47.6 Å². The van der Waals surface area contributed by atoms with Crippen molar-refractivity contribution in [2.45, 2.75) is 26.6 Å². The van der Waals surface area contributed by atoms with Gasteiger partial charge in [-0.2, -0.15) is 13.2 Å². The van der Waals surface area contributed by atoms with E-state index in [1.54, 1.807) is 18.2 Å². The molecule has 0 saturated heterocycles. The highest BCUT2D eigenvalue weighted by atomic mass is 19.4. The Morgan fingerprint density at radius 2 is 1.93 bits per heavy atom. The van der Waals surface area contributed by atoms with Gasteiger partial charge in [0.25, 0.3) is 5.91 Å². The van der Waals surface area contributed by atoms with Crippen molar-refractivity contribution in [3.05, 3.63) is 64.7 Å². The molecular formula is C19H15F3N2O3. The molecule has 0 spiro atoms. The van der Waals surface area contributed by atoms with Crippen LogP contribution in [0.4, 0.5) is 18.9 Å². The van der Waals surface area contributed by atoms with Crippen molar-refractivity contribution in [1.82, 2.24) is 0 Å². The van der Waals surface area contributed by atoms with Crippen molar-refractivity contribution in [1.29, 1.82) is 0 Å². The quantitative estimate of drug-likeness (QED) is 0.604. The van der Waals surface area contributed by atoms with E-state index in [0.29, 0.717) is 16.8 Å². The number of carbonyl (C=O) groups is 2.